The molecule has 2 atom stereocenters. The lowest BCUT2D eigenvalue weighted by molar-refractivity contribution is -0.117. The summed E-state index contributed by atoms with van der Waals surface area (Å²) in [6.45, 7) is 5.87. The van der Waals surface area contributed by atoms with Crippen molar-refractivity contribution >= 4 is 17.5 Å². The molecule has 2 N–H and O–H groups in total. The van der Waals surface area contributed by atoms with Crippen molar-refractivity contribution in [1.82, 2.24) is 10.3 Å². The lowest BCUT2D eigenvalue weighted by atomic mass is 9.72. The number of nitrogens with zero attached hydrogens (tertiary/aromatic N) is 1. The lowest BCUT2D eigenvalue weighted by Crippen LogP contribution is -2.37. The Balaban J connectivity index is 1.86. The van der Waals surface area contributed by atoms with Crippen molar-refractivity contribution < 1.29 is 19.1 Å². The fourth-order valence-electron chi connectivity index (χ4n) is 4.64. The van der Waals surface area contributed by atoms with Crippen molar-refractivity contribution in [3.05, 3.63) is 70.2 Å². The van der Waals surface area contributed by atoms with Crippen LogP contribution in [0, 0.1) is 12.8 Å². The number of ketones is 1. The summed E-state index contributed by atoms with van der Waals surface area (Å²) in [6.07, 6.45) is 2.89. The summed E-state index contributed by atoms with van der Waals surface area (Å²) in [5.41, 5.74) is 4.37. The number of nitrogens with one attached hydrogen (secondary N) is 2. The highest BCUT2D eigenvalue weighted by atomic mass is 16.5. The summed E-state index contributed by atoms with van der Waals surface area (Å²) >= 11 is 0. The molecule has 1 aliphatic heterocycles. The third-order valence-electron chi connectivity index (χ3n) is 6.18. The summed E-state index contributed by atoms with van der Waals surface area (Å²) < 4.78 is 11.1. The smallest absolute Gasteiger partial charge is 0.255 e. The molecular weight excluding hydrogens is 418 g/mol. The summed E-state index contributed by atoms with van der Waals surface area (Å²) in [7, 11) is 3.17. The van der Waals surface area contributed by atoms with E-state index >= 15 is 0 Å². The number of carbonyl (C=O) groups is 2. The minimum absolute atomic E-state index is 0.0392. The van der Waals surface area contributed by atoms with Crippen LogP contribution in [0.3, 0.4) is 0 Å². The van der Waals surface area contributed by atoms with Gasteiger partial charge in [0, 0.05) is 40.7 Å². The minimum atomic E-state index is -0.586. The number of pyridine rings is 1. The van der Waals surface area contributed by atoms with Gasteiger partial charge in [0.25, 0.3) is 5.91 Å². The number of dihydropyridines is 1. The van der Waals surface area contributed by atoms with E-state index in [0.717, 1.165) is 23.2 Å². The Hall–Kier alpha value is -3.61. The van der Waals surface area contributed by atoms with Crippen molar-refractivity contribution in [3.8, 4) is 11.5 Å². The van der Waals surface area contributed by atoms with Crippen molar-refractivity contribution in [3.63, 3.8) is 0 Å². The summed E-state index contributed by atoms with van der Waals surface area (Å²) in [4.78, 5) is 31.2. The third-order valence-corrected chi connectivity index (χ3v) is 6.18. The first-order chi connectivity index (χ1) is 15.8. The minimum Gasteiger partial charge on any atom is -0.497 e. The number of rotatable bonds is 5. The zero-order valence-corrected chi connectivity index (χ0v) is 19.6. The Kier molecular flexibility index (Phi) is 6.22. The van der Waals surface area contributed by atoms with Crippen LogP contribution in [-0.2, 0) is 9.59 Å². The first-order valence-corrected chi connectivity index (χ1v) is 11.0. The van der Waals surface area contributed by atoms with Crippen LogP contribution in [0.1, 0.15) is 43.7 Å². The standard InChI is InChI=1S/C26H29N3O4/c1-14-6-9-22(27-13-14)29-26(31)23-16(3)28-19-10-15(2)11-20(30)25(19)24(23)18-12-17(32-4)7-8-21(18)33-5/h6-9,12-13,15,24,28H,10-11H2,1-5H3,(H,27,29,31)/t15-,24+/m1/s1. The van der Waals surface area contributed by atoms with Crippen molar-refractivity contribution in [1.29, 1.82) is 0 Å². The van der Waals surface area contributed by atoms with Gasteiger partial charge in [-0.1, -0.05) is 13.0 Å². The van der Waals surface area contributed by atoms with Gasteiger partial charge in [-0.3, -0.25) is 9.59 Å². The molecule has 4 rings (SSSR count). The van der Waals surface area contributed by atoms with Gasteiger partial charge >= 0.3 is 0 Å². The second-order valence-electron chi connectivity index (χ2n) is 8.71. The second kappa shape index (κ2) is 9.10. The molecule has 2 aromatic rings. The van der Waals surface area contributed by atoms with Crippen LogP contribution in [0.25, 0.3) is 0 Å². The molecule has 0 radical (unpaired) electrons. The van der Waals surface area contributed by atoms with E-state index in [9.17, 15) is 9.59 Å². The van der Waals surface area contributed by atoms with Gasteiger partial charge in [0.15, 0.2) is 5.78 Å². The van der Waals surface area contributed by atoms with Gasteiger partial charge in [0.2, 0.25) is 0 Å². The number of aryl methyl sites for hydroxylation is 1. The van der Waals surface area contributed by atoms with Gasteiger partial charge in [-0.2, -0.15) is 0 Å². The van der Waals surface area contributed by atoms with Gasteiger partial charge < -0.3 is 20.1 Å². The van der Waals surface area contributed by atoms with E-state index in [-0.39, 0.29) is 17.6 Å². The molecule has 1 amide bonds. The Morgan fingerprint density at radius 3 is 2.58 bits per heavy atom. The van der Waals surface area contributed by atoms with Crippen LogP contribution in [0.2, 0.25) is 0 Å². The Morgan fingerprint density at radius 1 is 1.12 bits per heavy atom. The van der Waals surface area contributed by atoms with E-state index in [1.54, 1.807) is 38.6 Å². The predicted molar refractivity (Wildman–Crippen MR) is 126 cm³/mol. The molecule has 0 saturated carbocycles. The van der Waals surface area contributed by atoms with Crippen molar-refractivity contribution in [2.45, 2.75) is 39.5 Å². The molecule has 1 aliphatic carbocycles. The zero-order valence-electron chi connectivity index (χ0n) is 19.6. The molecular formula is C26H29N3O4. The van der Waals surface area contributed by atoms with Crippen LogP contribution in [-0.4, -0.2) is 30.9 Å². The first-order valence-electron chi connectivity index (χ1n) is 11.0. The van der Waals surface area contributed by atoms with Crippen LogP contribution < -0.4 is 20.1 Å². The maximum Gasteiger partial charge on any atom is 0.255 e. The molecule has 0 bridgehead atoms. The Bertz CT molecular complexity index is 1160. The molecule has 0 unspecified atom stereocenters. The normalized spacial score (nSPS) is 20.2. The number of hydrogen-bond donors (Lipinski definition) is 2. The Labute approximate surface area is 193 Å². The fraction of sp³-hybridized carbons (Fsp3) is 0.346. The van der Waals surface area contributed by atoms with Gasteiger partial charge in [0.05, 0.1) is 20.1 Å². The largest absolute Gasteiger partial charge is 0.497 e. The summed E-state index contributed by atoms with van der Waals surface area (Å²) in [6, 6.07) is 9.10. The van der Waals surface area contributed by atoms with Gasteiger partial charge in [-0.05, 0) is 56.0 Å². The van der Waals surface area contributed by atoms with Gasteiger partial charge in [0.1, 0.15) is 17.3 Å². The monoisotopic (exact) mass is 447 g/mol. The van der Waals surface area contributed by atoms with Gasteiger partial charge in [-0.25, -0.2) is 4.98 Å². The summed E-state index contributed by atoms with van der Waals surface area (Å²) in [5, 5.41) is 6.26. The number of hydrogen-bond acceptors (Lipinski definition) is 6. The molecule has 2 heterocycles. The molecule has 7 heteroatoms. The quantitative estimate of drug-likeness (QED) is 0.712. The lowest BCUT2D eigenvalue weighted by Gasteiger charge is -2.36. The zero-order chi connectivity index (χ0) is 23.7. The molecule has 33 heavy (non-hydrogen) atoms. The van der Waals surface area contributed by atoms with Crippen LogP contribution in [0.15, 0.2) is 59.1 Å². The van der Waals surface area contributed by atoms with Gasteiger partial charge in [-0.15, -0.1) is 0 Å². The van der Waals surface area contributed by atoms with E-state index in [1.165, 1.54) is 0 Å². The van der Waals surface area contributed by atoms with E-state index < -0.39 is 5.92 Å². The number of benzene rings is 1. The number of aromatic nitrogens is 1. The maximum atomic E-state index is 13.6. The third kappa shape index (κ3) is 4.35. The SMILES string of the molecule is COc1ccc(OC)c([C@H]2C(C(=O)Nc3ccc(C)cn3)=C(C)NC3=C2C(=O)C[C@H](C)C3)c1. The van der Waals surface area contributed by atoms with Crippen molar-refractivity contribution in [2.75, 3.05) is 19.5 Å². The highest BCUT2D eigenvalue weighted by molar-refractivity contribution is 6.09. The molecule has 0 saturated heterocycles. The molecule has 1 aromatic heterocycles. The van der Waals surface area contributed by atoms with Crippen LogP contribution >= 0.6 is 0 Å². The number of anilines is 1. The average molecular weight is 448 g/mol. The molecule has 7 nitrogen and oxygen atoms in total. The van der Waals surface area contributed by atoms with Crippen LogP contribution in [0.5, 0.6) is 11.5 Å². The molecule has 0 spiro atoms. The highest BCUT2D eigenvalue weighted by Gasteiger charge is 2.41. The maximum absolute atomic E-state index is 13.6. The molecule has 2 aliphatic rings. The number of amides is 1. The fourth-order valence-corrected chi connectivity index (χ4v) is 4.64. The topological polar surface area (TPSA) is 89.6 Å². The van der Waals surface area contributed by atoms with E-state index in [1.807, 2.05) is 26.0 Å². The van der Waals surface area contributed by atoms with Crippen LogP contribution in [0.4, 0.5) is 5.82 Å². The summed E-state index contributed by atoms with van der Waals surface area (Å²) in [5.74, 6) is 1.04. The first kappa shape index (κ1) is 22.6. The molecule has 1 aromatic carbocycles. The average Bonchev–Trinajstić information content (AvgIpc) is 2.78. The number of methoxy groups -OCH3 is 2. The predicted octanol–water partition coefficient (Wildman–Crippen LogP) is 4.26. The number of carbonyl (C=O) groups excluding carboxylic acids is 2. The highest BCUT2D eigenvalue weighted by Crippen LogP contribution is 2.46. The van der Waals surface area contributed by atoms with Crippen molar-refractivity contribution in [2.24, 2.45) is 5.92 Å². The number of ether oxygens (including phenoxy) is 2. The number of Topliss-reactive ketones (excluding diaryl/α,β-unsaturated/α-hetero) is 1. The number of allylic oxidation sites excluding steroid dienone is 3. The second-order valence-corrected chi connectivity index (χ2v) is 8.71. The Morgan fingerprint density at radius 2 is 1.91 bits per heavy atom. The van der Waals surface area contributed by atoms with E-state index in [0.29, 0.717) is 40.6 Å². The van der Waals surface area contributed by atoms with E-state index in [4.69, 9.17) is 9.47 Å². The van der Waals surface area contributed by atoms with E-state index in [2.05, 4.69) is 22.5 Å². The molecule has 0 fully saturated rings. The molecule has 172 valence electrons.